The monoisotopic (exact) mass is 204 g/mol. The molecule has 1 aromatic carbocycles. The van der Waals surface area contributed by atoms with Crippen LogP contribution in [0.3, 0.4) is 0 Å². The second-order valence-electron chi connectivity index (χ2n) is 2.43. The van der Waals surface area contributed by atoms with Crippen LogP contribution in [0.4, 0.5) is 0 Å². The molecule has 0 unspecified atom stereocenters. The second-order valence-corrected chi connectivity index (χ2v) is 2.43. The maximum atomic E-state index is 10.5. The van der Waals surface area contributed by atoms with Crippen molar-refractivity contribution >= 4 is 41.5 Å². The number of esters is 1. The van der Waals surface area contributed by atoms with Crippen LogP contribution < -0.4 is 4.74 Å². The van der Waals surface area contributed by atoms with E-state index < -0.39 is 11.9 Å². The first-order valence-electron chi connectivity index (χ1n) is 3.61. The van der Waals surface area contributed by atoms with Crippen LogP contribution in [0.5, 0.6) is 5.75 Å². The third-order valence-corrected chi connectivity index (χ3v) is 1.34. The van der Waals surface area contributed by atoms with Crippen molar-refractivity contribution in [3.8, 4) is 5.75 Å². The zero-order valence-electron chi connectivity index (χ0n) is 6.98. The van der Waals surface area contributed by atoms with E-state index in [1.807, 2.05) is 0 Å². The number of benzene rings is 1. The van der Waals surface area contributed by atoms with Gasteiger partial charge in [0.25, 0.3) is 0 Å². The molecule has 0 radical (unpaired) electrons. The Labute approximate surface area is 103 Å². The van der Waals surface area contributed by atoms with Gasteiger partial charge in [0.15, 0.2) is 0 Å². The number of carboxylic acids is 1. The molecule has 0 fully saturated rings. The molecule has 70 valence electrons. The average Bonchev–Trinajstić information content (AvgIpc) is 2.03. The van der Waals surface area contributed by atoms with Crippen molar-refractivity contribution in [1.82, 2.24) is 0 Å². The number of rotatable bonds is 2. The van der Waals surface area contributed by atoms with Gasteiger partial charge in [-0.2, -0.15) is 0 Å². The van der Waals surface area contributed by atoms with E-state index in [0.29, 0.717) is 0 Å². The summed E-state index contributed by atoms with van der Waals surface area (Å²) in [5, 5.41) is 8.60. The molecule has 4 nitrogen and oxygen atoms in total. The van der Waals surface area contributed by atoms with Crippen LogP contribution in [-0.4, -0.2) is 46.6 Å². The van der Waals surface area contributed by atoms with Crippen LogP contribution >= 0.6 is 0 Å². The Morgan fingerprint density at radius 2 is 2.00 bits per heavy atom. The molecule has 1 N–H and O–H groups in total. The van der Waals surface area contributed by atoms with Crippen molar-refractivity contribution in [2.45, 2.75) is 6.92 Å². The summed E-state index contributed by atoms with van der Waals surface area (Å²) in [7, 11) is 0. The van der Waals surface area contributed by atoms with Crippen molar-refractivity contribution in [1.29, 1.82) is 0 Å². The first-order chi connectivity index (χ1) is 6.09. The molecule has 0 aliphatic rings. The van der Waals surface area contributed by atoms with Crippen molar-refractivity contribution in [2.75, 3.05) is 0 Å². The van der Waals surface area contributed by atoms with Crippen molar-refractivity contribution < 1.29 is 19.4 Å². The molecule has 14 heavy (non-hydrogen) atoms. The first-order valence-corrected chi connectivity index (χ1v) is 3.61. The average molecular weight is 204 g/mol. The summed E-state index contributed by atoms with van der Waals surface area (Å²) in [5.74, 6) is -1.27. The normalized spacial score (nSPS) is 8.64. The fraction of sp³-hybridized carbons (Fsp3) is 0.111. The van der Waals surface area contributed by atoms with E-state index in [-0.39, 0.29) is 40.9 Å². The minimum absolute atomic E-state index is 0. The van der Waals surface area contributed by atoms with E-state index in [9.17, 15) is 9.59 Å². The van der Waals surface area contributed by atoms with E-state index in [0.717, 1.165) is 0 Å². The topological polar surface area (TPSA) is 63.6 Å². The van der Waals surface area contributed by atoms with Gasteiger partial charge in [0.2, 0.25) is 0 Å². The zero-order valence-corrected chi connectivity index (χ0v) is 6.98. The molecule has 1 aromatic rings. The summed E-state index contributed by atoms with van der Waals surface area (Å²) in [4.78, 5) is 21.0. The Bertz CT molecular complexity index is 348. The van der Waals surface area contributed by atoms with Gasteiger partial charge >= 0.3 is 41.5 Å². The first kappa shape index (κ1) is 13.2. The number of aromatic carboxylic acids is 1. The van der Waals surface area contributed by atoms with E-state index in [4.69, 9.17) is 9.84 Å². The summed E-state index contributed by atoms with van der Waals surface area (Å²) in [6.45, 7) is 1.26. The molecule has 0 aliphatic carbocycles. The van der Waals surface area contributed by atoms with Gasteiger partial charge in [-0.3, -0.25) is 4.79 Å². The van der Waals surface area contributed by atoms with Crippen molar-refractivity contribution in [3.05, 3.63) is 29.8 Å². The molecule has 0 aromatic heterocycles. The summed E-state index contributed by atoms with van der Waals surface area (Å²) >= 11 is 0. The van der Waals surface area contributed by atoms with Crippen molar-refractivity contribution in [3.63, 3.8) is 0 Å². The van der Waals surface area contributed by atoms with E-state index in [2.05, 4.69) is 0 Å². The van der Waals surface area contributed by atoms with Gasteiger partial charge in [0.05, 0.1) is 5.56 Å². The van der Waals surface area contributed by atoms with Gasteiger partial charge in [0.1, 0.15) is 5.75 Å². The van der Waals surface area contributed by atoms with Crippen LogP contribution in [0.2, 0.25) is 0 Å². The number of ether oxygens (including phenoxy) is 1. The Kier molecular flexibility index (Phi) is 5.45. The van der Waals surface area contributed by atoms with E-state index in [1.54, 1.807) is 0 Å². The molecular formula is C9H9NaO4. The van der Waals surface area contributed by atoms with Crippen LogP contribution in [-0.2, 0) is 4.79 Å². The molecule has 0 atom stereocenters. The summed E-state index contributed by atoms with van der Waals surface area (Å²) in [5.41, 5.74) is 0.0961. The van der Waals surface area contributed by atoms with Gasteiger partial charge in [-0.05, 0) is 18.2 Å². The maximum absolute atomic E-state index is 10.5. The molecule has 0 spiro atoms. The standard InChI is InChI=1S/C9H8O4.Na.H/c1-6(10)13-8-4-2-3-7(5-8)9(11)12;;/h2-5H,1H3,(H,11,12);;. The summed E-state index contributed by atoms with van der Waals surface area (Å²) < 4.78 is 4.70. The van der Waals surface area contributed by atoms with Gasteiger partial charge in [0, 0.05) is 6.92 Å². The van der Waals surface area contributed by atoms with Crippen LogP contribution in [0.15, 0.2) is 24.3 Å². The van der Waals surface area contributed by atoms with E-state index in [1.165, 1.54) is 31.2 Å². The predicted octanol–water partition coefficient (Wildman–Crippen LogP) is 0.662. The minimum atomic E-state index is -1.05. The Balaban J connectivity index is 0.00000169. The second kappa shape index (κ2) is 5.80. The third kappa shape index (κ3) is 3.91. The van der Waals surface area contributed by atoms with Gasteiger partial charge in [-0.1, -0.05) is 6.07 Å². The fourth-order valence-corrected chi connectivity index (χ4v) is 0.859. The quantitative estimate of drug-likeness (QED) is 0.436. The fourth-order valence-electron chi connectivity index (χ4n) is 0.859. The predicted molar refractivity (Wildman–Crippen MR) is 51.9 cm³/mol. The Morgan fingerprint density at radius 3 is 2.50 bits per heavy atom. The van der Waals surface area contributed by atoms with Crippen LogP contribution in [0, 0.1) is 0 Å². The number of hydrogen-bond donors (Lipinski definition) is 1. The zero-order chi connectivity index (χ0) is 9.84. The summed E-state index contributed by atoms with van der Waals surface area (Å²) in [6, 6.07) is 5.76. The molecule has 0 aliphatic heterocycles. The van der Waals surface area contributed by atoms with Gasteiger partial charge in [-0.25, -0.2) is 4.79 Å². The Hall–Kier alpha value is -0.840. The number of carbonyl (C=O) groups is 2. The molecule has 0 bridgehead atoms. The molecule has 0 amide bonds. The molecule has 0 saturated carbocycles. The molecular weight excluding hydrogens is 195 g/mol. The van der Waals surface area contributed by atoms with Crippen LogP contribution in [0.25, 0.3) is 0 Å². The molecule has 1 rings (SSSR count). The van der Waals surface area contributed by atoms with Gasteiger partial charge in [-0.15, -0.1) is 0 Å². The Morgan fingerprint density at radius 1 is 1.36 bits per heavy atom. The van der Waals surface area contributed by atoms with Crippen molar-refractivity contribution in [2.24, 2.45) is 0 Å². The molecule has 5 heteroatoms. The van der Waals surface area contributed by atoms with Crippen LogP contribution in [0.1, 0.15) is 17.3 Å². The summed E-state index contributed by atoms with van der Waals surface area (Å²) in [6.07, 6.45) is 0. The number of hydrogen-bond acceptors (Lipinski definition) is 3. The molecule has 0 heterocycles. The number of carboxylic acid groups (broad SMARTS) is 1. The van der Waals surface area contributed by atoms with Gasteiger partial charge < -0.3 is 9.84 Å². The van der Waals surface area contributed by atoms with E-state index >= 15 is 0 Å². The SMILES string of the molecule is CC(=O)Oc1cccc(C(=O)O)c1.[NaH]. The molecule has 0 saturated heterocycles. The number of carbonyl (C=O) groups excluding carboxylic acids is 1. The third-order valence-electron chi connectivity index (χ3n) is 1.34.